The fourth-order valence-electron chi connectivity index (χ4n) is 2.22. The van der Waals surface area contributed by atoms with Crippen LogP contribution in [0.15, 0.2) is 42.5 Å². The van der Waals surface area contributed by atoms with Crippen LogP contribution >= 0.6 is 0 Å². The molecule has 0 N–H and O–H groups in total. The lowest BCUT2D eigenvalue weighted by atomic mass is 10.1. The molecule has 2 rings (SSSR count). The summed E-state index contributed by atoms with van der Waals surface area (Å²) in [7, 11) is 2.40. The quantitative estimate of drug-likeness (QED) is 0.339. The molecule has 0 aromatic heterocycles. The number of alkyl halides is 2. The molecule has 0 unspecified atom stereocenters. The lowest BCUT2D eigenvalue weighted by Crippen LogP contribution is -2.52. The second-order valence-corrected chi connectivity index (χ2v) is 5.59. The maximum absolute atomic E-state index is 14.6. The summed E-state index contributed by atoms with van der Waals surface area (Å²) in [6.45, 7) is -0.105. The smallest absolute Gasteiger partial charge is 0.260 e. The van der Waals surface area contributed by atoms with E-state index in [9.17, 15) is 22.0 Å². The molecule has 2 aromatic rings. The molecule has 0 aliphatic rings. The van der Waals surface area contributed by atoms with Crippen molar-refractivity contribution in [1.29, 1.82) is 0 Å². The lowest BCUT2D eigenvalue weighted by Gasteiger charge is -2.37. The van der Waals surface area contributed by atoms with Gasteiger partial charge >= 0.3 is 6.05 Å². The van der Waals surface area contributed by atoms with Gasteiger partial charge in [0, 0.05) is 5.56 Å². The van der Waals surface area contributed by atoms with Crippen molar-refractivity contribution in [3.8, 4) is 0 Å². The van der Waals surface area contributed by atoms with Crippen molar-refractivity contribution in [1.82, 2.24) is 0 Å². The summed E-state index contributed by atoms with van der Waals surface area (Å²) in [5, 5.41) is 0. The molecule has 0 saturated heterocycles. The fourth-order valence-corrected chi connectivity index (χ4v) is 2.22. The van der Waals surface area contributed by atoms with Gasteiger partial charge in [0.25, 0.3) is 0 Å². The minimum absolute atomic E-state index is 0.105. The number of benzene rings is 2. The zero-order valence-corrected chi connectivity index (χ0v) is 12.1. The van der Waals surface area contributed by atoms with Gasteiger partial charge in [-0.05, 0) is 12.1 Å². The molecule has 0 atom stereocenters. The zero-order chi connectivity index (χ0) is 16.5. The SMILES string of the molecule is C[N+](C)(Cc1ccccc1)C(F)(F)c1ccc(F)c(F)c1F. The molecule has 0 radical (unpaired) electrons. The molecule has 1 nitrogen and oxygen atoms in total. The molecule has 2 aromatic carbocycles. The number of hydrogen-bond acceptors (Lipinski definition) is 0. The number of rotatable bonds is 4. The third-order valence-corrected chi connectivity index (χ3v) is 3.54. The highest BCUT2D eigenvalue weighted by Crippen LogP contribution is 2.39. The van der Waals surface area contributed by atoms with Gasteiger partial charge in [-0.1, -0.05) is 30.3 Å². The van der Waals surface area contributed by atoms with Gasteiger partial charge < -0.3 is 0 Å². The van der Waals surface area contributed by atoms with E-state index in [0.717, 1.165) is 0 Å². The molecule has 0 fully saturated rings. The monoisotopic (exact) mass is 316 g/mol. The Bertz CT molecular complexity index is 668. The molecule has 0 aliphatic carbocycles. The molecule has 0 amide bonds. The second kappa shape index (κ2) is 5.68. The van der Waals surface area contributed by atoms with Crippen LogP contribution in [0, 0.1) is 17.5 Å². The van der Waals surface area contributed by atoms with Crippen LogP contribution in [0.3, 0.4) is 0 Å². The van der Waals surface area contributed by atoms with Gasteiger partial charge in [0.15, 0.2) is 17.5 Å². The predicted octanol–water partition coefficient (Wildman–Crippen LogP) is 4.43. The Kier molecular flexibility index (Phi) is 4.24. The van der Waals surface area contributed by atoms with Crippen molar-refractivity contribution >= 4 is 0 Å². The Hall–Kier alpha value is -1.95. The van der Waals surface area contributed by atoms with Crippen molar-refractivity contribution in [2.45, 2.75) is 12.6 Å². The number of hydrogen-bond donors (Lipinski definition) is 0. The van der Waals surface area contributed by atoms with Gasteiger partial charge in [-0.2, -0.15) is 0 Å². The van der Waals surface area contributed by atoms with E-state index in [0.29, 0.717) is 17.7 Å². The Morgan fingerprint density at radius 2 is 1.45 bits per heavy atom. The van der Waals surface area contributed by atoms with Crippen molar-refractivity contribution in [2.75, 3.05) is 14.1 Å². The van der Waals surface area contributed by atoms with Crippen molar-refractivity contribution in [2.24, 2.45) is 0 Å². The van der Waals surface area contributed by atoms with Crippen LogP contribution in [0.5, 0.6) is 0 Å². The van der Waals surface area contributed by atoms with E-state index in [1.165, 1.54) is 14.1 Å². The summed E-state index contributed by atoms with van der Waals surface area (Å²) >= 11 is 0. The standard InChI is InChI=1S/C16H15F5N/c1-22(2,10-11-6-4-3-5-7-11)16(20,21)12-8-9-13(17)15(19)14(12)18/h3-9H,10H2,1-2H3/q+1. The highest BCUT2D eigenvalue weighted by molar-refractivity contribution is 5.23. The molecule has 0 spiro atoms. The summed E-state index contributed by atoms with van der Waals surface area (Å²) in [6, 6.07) is 5.83. The van der Waals surface area contributed by atoms with Gasteiger partial charge in [-0.15, -0.1) is 8.78 Å². The van der Waals surface area contributed by atoms with Crippen molar-refractivity contribution < 1.29 is 26.4 Å². The minimum atomic E-state index is -3.73. The van der Waals surface area contributed by atoms with Crippen LogP contribution in [0.1, 0.15) is 11.1 Å². The Morgan fingerprint density at radius 3 is 2.05 bits per heavy atom. The molecular formula is C16H15F5N+. The van der Waals surface area contributed by atoms with E-state index in [2.05, 4.69) is 0 Å². The predicted molar refractivity (Wildman–Crippen MR) is 72.5 cm³/mol. The molecule has 6 heteroatoms. The molecule has 0 bridgehead atoms. The topological polar surface area (TPSA) is 0 Å². The van der Waals surface area contributed by atoms with E-state index in [4.69, 9.17) is 0 Å². The maximum Gasteiger partial charge on any atom is 0.421 e. The van der Waals surface area contributed by atoms with Crippen LogP contribution in [-0.2, 0) is 12.6 Å². The highest BCUT2D eigenvalue weighted by Gasteiger charge is 2.51. The molecule has 0 heterocycles. The first-order valence-corrected chi connectivity index (χ1v) is 6.55. The largest absolute Gasteiger partial charge is 0.421 e. The Labute approximate surface area is 125 Å². The Morgan fingerprint density at radius 1 is 0.864 bits per heavy atom. The first kappa shape index (κ1) is 16.4. The minimum Gasteiger partial charge on any atom is -0.260 e. The highest BCUT2D eigenvalue weighted by atomic mass is 19.3. The van der Waals surface area contributed by atoms with Gasteiger partial charge in [0.2, 0.25) is 0 Å². The van der Waals surface area contributed by atoms with E-state index in [1.807, 2.05) is 0 Å². The van der Waals surface area contributed by atoms with E-state index >= 15 is 0 Å². The summed E-state index contributed by atoms with van der Waals surface area (Å²) in [4.78, 5) is 0. The number of halogens is 5. The van der Waals surface area contributed by atoms with Crippen LogP contribution < -0.4 is 0 Å². The van der Waals surface area contributed by atoms with Crippen LogP contribution in [-0.4, -0.2) is 18.6 Å². The zero-order valence-electron chi connectivity index (χ0n) is 12.1. The normalized spacial score (nSPS) is 12.5. The van der Waals surface area contributed by atoms with Crippen molar-refractivity contribution in [3.63, 3.8) is 0 Å². The van der Waals surface area contributed by atoms with E-state index in [1.54, 1.807) is 30.3 Å². The maximum atomic E-state index is 14.6. The average molecular weight is 316 g/mol. The molecule has 0 saturated carbocycles. The molecule has 0 aliphatic heterocycles. The fraction of sp³-hybridized carbons (Fsp3) is 0.250. The Balaban J connectivity index is 2.42. The molecule has 22 heavy (non-hydrogen) atoms. The summed E-state index contributed by atoms with van der Waals surface area (Å²) < 4.78 is 68.2. The van der Waals surface area contributed by atoms with Gasteiger partial charge in [-0.25, -0.2) is 13.2 Å². The van der Waals surface area contributed by atoms with Crippen LogP contribution in [0.2, 0.25) is 0 Å². The third-order valence-electron chi connectivity index (χ3n) is 3.54. The number of nitrogens with zero attached hydrogens (tertiary/aromatic N) is 1. The van der Waals surface area contributed by atoms with Gasteiger partial charge in [0.05, 0.1) is 14.1 Å². The van der Waals surface area contributed by atoms with Gasteiger partial charge in [-0.3, -0.25) is 4.48 Å². The first-order chi connectivity index (χ1) is 10.2. The van der Waals surface area contributed by atoms with Crippen LogP contribution in [0.25, 0.3) is 0 Å². The second-order valence-electron chi connectivity index (χ2n) is 5.59. The van der Waals surface area contributed by atoms with Crippen LogP contribution in [0.4, 0.5) is 22.0 Å². The molecule has 118 valence electrons. The summed E-state index contributed by atoms with van der Waals surface area (Å²) in [5.74, 6) is -5.24. The summed E-state index contributed by atoms with van der Waals surface area (Å²) in [5.41, 5.74) is -0.539. The third kappa shape index (κ3) is 2.83. The first-order valence-electron chi connectivity index (χ1n) is 6.55. The van der Waals surface area contributed by atoms with E-state index in [-0.39, 0.29) is 6.54 Å². The number of quaternary nitrogens is 1. The van der Waals surface area contributed by atoms with Gasteiger partial charge in [0.1, 0.15) is 12.1 Å². The molecular weight excluding hydrogens is 301 g/mol. The van der Waals surface area contributed by atoms with E-state index < -0.39 is 33.5 Å². The lowest BCUT2D eigenvalue weighted by molar-refractivity contribution is -0.998. The van der Waals surface area contributed by atoms with Crippen molar-refractivity contribution in [3.05, 3.63) is 71.0 Å². The summed E-state index contributed by atoms with van der Waals surface area (Å²) in [6.07, 6.45) is 0. The average Bonchev–Trinajstić information content (AvgIpc) is 2.45.